The average Bonchev–Trinajstić information content (AvgIpc) is 2.33. The van der Waals surface area contributed by atoms with Gasteiger partial charge in [0.1, 0.15) is 5.75 Å². The van der Waals surface area contributed by atoms with Gasteiger partial charge in [0.05, 0.1) is 6.61 Å². The van der Waals surface area contributed by atoms with Crippen LogP contribution in [-0.2, 0) is 5.41 Å². The summed E-state index contributed by atoms with van der Waals surface area (Å²) in [5, 5.41) is 0. The van der Waals surface area contributed by atoms with Crippen molar-refractivity contribution < 1.29 is 4.74 Å². The molecule has 0 radical (unpaired) electrons. The van der Waals surface area contributed by atoms with Gasteiger partial charge < -0.3 is 10.5 Å². The van der Waals surface area contributed by atoms with E-state index in [0.717, 1.165) is 31.6 Å². The summed E-state index contributed by atoms with van der Waals surface area (Å²) in [6.07, 6.45) is 3.10. The molecule has 0 bridgehead atoms. The van der Waals surface area contributed by atoms with Crippen LogP contribution >= 0.6 is 0 Å². The maximum absolute atomic E-state index is 5.90. The van der Waals surface area contributed by atoms with Crippen LogP contribution in [-0.4, -0.2) is 12.6 Å². The van der Waals surface area contributed by atoms with Crippen LogP contribution in [0.3, 0.4) is 0 Å². The van der Waals surface area contributed by atoms with E-state index in [4.69, 9.17) is 10.5 Å². The predicted molar refractivity (Wildman–Crippen MR) is 78.1 cm³/mol. The molecule has 2 nitrogen and oxygen atoms in total. The normalized spacial score (nSPS) is 13.4. The SMILES string of the molecule is CCC(N)CCCOc1ccccc1C(C)(C)C. The molecular weight excluding hydrogens is 222 g/mol. The van der Waals surface area contributed by atoms with Gasteiger partial charge in [-0.15, -0.1) is 0 Å². The number of para-hydroxylation sites is 1. The molecule has 1 aromatic carbocycles. The van der Waals surface area contributed by atoms with Gasteiger partial charge in [-0.3, -0.25) is 0 Å². The van der Waals surface area contributed by atoms with E-state index in [1.54, 1.807) is 0 Å². The minimum absolute atomic E-state index is 0.121. The number of ether oxygens (including phenoxy) is 1. The number of hydrogen-bond donors (Lipinski definition) is 1. The standard InChI is InChI=1S/C16H27NO/c1-5-13(17)9-8-12-18-15-11-7-6-10-14(15)16(2,3)4/h6-7,10-11,13H,5,8-9,12,17H2,1-4H3. The number of hydrogen-bond acceptors (Lipinski definition) is 2. The van der Waals surface area contributed by atoms with Crippen LogP contribution < -0.4 is 10.5 Å². The van der Waals surface area contributed by atoms with Crippen molar-refractivity contribution in [2.75, 3.05) is 6.61 Å². The van der Waals surface area contributed by atoms with Gasteiger partial charge in [-0.2, -0.15) is 0 Å². The lowest BCUT2D eigenvalue weighted by atomic mass is 9.86. The molecule has 1 unspecified atom stereocenters. The van der Waals surface area contributed by atoms with Gasteiger partial charge in [0.25, 0.3) is 0 Å². The fourth-order valence-corrected chi connectivity index (χ4v) is 1.94. The molecule has 1 aromatic rings. The lowest BCUT2D eigenvalue weighted by Crippen LogP contribution is -2.19. The van der Waals surface area contributed by atoms with E-state index in [-0.39, 0.29) is 5.41 Å². The number of nitrogens with two attached hydrogens (primary N) is 1. The quantitative estimate of drug-likeness (QED) is 0.776. The Hall–Kier alpha value is -1.02. The lowest BCUT2D eigenvalue weighted by Gasteiger charge is -2.22. The van der Waals surface area contributed by atoms with Gasteiger partial charge in [0, 0.05) is 6.04 Å². The van der Waals surface area contributed by atoms with Crippen molar-refractivity contribution in [3.8, 4) is 5.75 Å². The number of rotatable bonds is 6. The first-order valence-corrected chi connectivity index (χ1v) is 6.93. The molecule has 102 valence electrons. The van der Waals surface area contributed by atoms with Crippen LogP contribution in [0, 0.1) is 0 Å². The van der Waals surface area contributed by atoms with E-state index in [9.17, 15) is 0 Å². The molecule has 0 saturated heterocycles. The van der Waals surface area contributed by atoms with E-state index in [1.165, 1.54) is 5.56 Å². The smallest absolute Gasteiger partial charge is 0.123 e. The zero-order valence-electron chi connectivity index (χ0n) is 12.2. The fraction of sp³-hybridized carbons (Fsp3) is 0.625. The molecule has 0 heterocycles. The Labute approximate surface area is 112 Å². The number of benzene rings is 1. The Kier molecular flexibility index (Phi) is 5.67. The second-order valence-corrected chi connectivity index (χ2v) is 5.91. The van der Waals surface area contributed by atoms with Gasteiger partial charge >= 0.3 is 0 Å². The second-order valence-electron chi connectivity index (χ2n) is 5.91. The van der Waals surface area contributed by atoms with Crippen LogP contribution in [0.2, 0.25) is 0 Å². The Morgan fingerprint density at radius 3 is 2.50 bits per heavy atom. The van der Waals surface area contributed by atoms with E-state index in [2.05, 4.69) is 45.9 Å². The Morgan fingerprint density at radius 1 is 1.22 bits per heavy atom. The summed E-state index contributed by atoms with van der Waals surface area (Å²) in [7, 11) is 0. The summed E-state index contributed by atoms with van der Waals surface area (Å²) in [4.78, 5) is 0. The molecule has 2 heteroatoms. The molecule has 0 fully saturated rings. The first-order chi connectivity index (χ1) is 8.45. The van der Waals surface area contributed by atoms with Crippen molar-refractivity contribution in [3.63, 3.8) is 0 Å². The van der Waals surface area contributed by atoms with Crippen molar-refractivity contribution in [2.24, 2.45) is 5.73 Å². The highest BCUT2D eigenvalue weighted by molar-refractivity contribution is 5.38. The van der Waals surface area contributed by atoms with E-state index >= 15 is 0 Å². The molecular formula is C16H27NO. The molecule has 2 N–H and O–H groups in total. The van der Waals surface area contributed by atoms with Gasteiger partial charge in [-0.05, 0) is 36.3 Å². The molecule has 1 atom stereocenters. The topological polar surface area (TPSA) is 35.2 Å². The molecule has 0 aromatic heterocycles. The second kappa shape index (κ2) is 6.79. The highest BCUT2D eigenvalue weighted by Gasteiger charge is 2.18. The van der Waals surface area contributed by atoms with Crippen LogP contribution in [0.4, 0.5) is 0 Å². The van der Waals surface area contributed by atoms with E-state index in [0.29, 0.717) is 6.04 Å². The third kappa shape index (κ3) is 4.69. The van der Waals surface area contributed by atoms with Crippen LogP contribution in [0.5, 0.6) is 5.75 Å². The Morgan fingerprint density at radius 2 is 1.89 bits per heavy atom. The van der Waals surface area contributed by atoms with Gasteiger partial charge in [-0.1, -0.05) is 45.9 Å². The first kappa shape index (κ1) is 15.0. The molecule has 0 saturated carbocycles. The Balaban J connectivity index is 2.52. The lowest BCUT2D eigenvalue weighted by molar-refractivity contribution is 0.293. The summed E-state index contributed by atoms with van der Waals surface area (Å²) in [6.45, 7) is 9.51. The molecule has 0 aliphatic heterocycles. The summed E-state index contributed by atoms with van der Waals surface area (Å²) < 4.78 is 5.90. The molecule has 1 rings (SSSR count). The van der Waals surface area contributed by atoms with Gasteiger partial charge in [-0.25, -0.2) is 0 Å². The third-order valence-corrected chi connectivity index (χ3v) is 3.20. The first-order valence-electron chi connectivity index (χ1n) is 6.93. The van der Waals surface area contributed by atoms with Crippen LogP contribution in [0.25, 0.3) is 0 Å². The predicted octanol–water partition coefficient (Wildman–Crippen LogP) is 3.88. The minimum Gasteiger partial charge on any atom is -0.493 e. The molecule has 0 spiro atoms. The van der Waals surface area contributed by atoms with Crippen molar-refractivity contribution >= 4 is 0 Å². The van der Waals surface area contributed by atoms with Crippen LogP contribution in [0.15, 0.2) is 24.3 Å². The van der Waals surface area contributed by atoms with Gasteiger partial charge in [0.15, 0.2) is 0 Å². The Bertz CT molecular complexity index is 354. The molecule has 0 aliphatic carbocycles. The van der Waals surface area contributed by atoms with E-state index in [1.807, 2.05) is 6.07 Å². The molecule has 0 aliphatic rings. The summed E-state index contributed by atoms with van der Waals surface area (Å²) in [5.74, 6) is 1.01. The highest BCUT2D eigenvalue weighted by Crippen LogP contribution is 2.30. The minimum atomic E-state index is 0.121. The zero-order chi connectivity index (χ0) is 13.6. The van der Waals surface area contributed by atoms with Crippen molar-refractivity contribution in [1.29, 1.82) is 0 Å². The zero-order valence-corrected chi connectivity index (χ0v) is 12.2. The fourth-order valence-electron chi connectivity index (χ4n) is 1.94. The summed E-state index contributed by atoms with van der Waals surface area (Å²) >= 11 is 0. The summed E-state index contributed by atoms with van der Waals surface area (Å²) in [6, 6.07) is 8.61. The monoisotopic (exact) mass is 249 g/mol. The van der Waals surface area contributed by atoms with Crippen molar-refractivity contribution in [2.45, 2.75) is 58.4 Å². The van der Waals surface area contributed by atoms with Crippen LogP contribution in [0.1, 0.15) is 52.5 Å². The maximum atomic E-state index is 5.90. The largest absolute Gasteiger partial charge is 0.493 e. The molecule has 18 heavy (non-hydrogen) atoms. The maximum Gasteiger partial charge on any atom is 0.123 e. The van der Waals surface area contributed by atoms with E-state index < -0.39 is 0 Å². The van der Waals surface area contributed by atoms with Crippen molar-refractivity contribution in [3.05, 3.63) is 29.8 Å². The molecule has 0 amide bonds. The van der Waals surface area contributed by atoms with Crippen molar-refractivity contribution in [1.82, 2.24) is 0 Å². The summed E-state index contributed by atoms with van der Waals surface area (Å²) in [5.41, 5.74) is 7.29. The van der Waals surface area contributed by atoms with Gasteiger partial charge in [0.2, 0.25) is 0 Å². The highest BCUT2D eigenvalue weighted by atomic mass is 16.5. The average molecular weight is 249 g/mol. The third-order valence-electron chi connectivity index (χ3n) is 3.20.